The Morgan fingerprint density at radius 1 is 1.06 bits per heavy atom. The highest BCUT2D eigenvalue weighted by atomic mass is 16.2. The predicted octanol–water partition coefficient (Wildman–Crippen LogP) is 3.25. The molecule has 0 atom stereocenters. The average molecular weight is 452 g/mol. The third-order valence-electron chi connectivity index (χ3n) is 7.68. The number of hydrogen-bond acceptors (Lipinski definition) is 5. The van der Waals surface area contributed by atoms with Crippen LogP contribution in [0, 0.1) is 0 Å². The summed E-state index contributed by atoms with van der Waals surface area (Å²) in [6, 6.07) is 6.77. The molecule has 3 saturated heterocycles. The molecule has 178 valence electrons. The van der Waals surface area contributed by atoms with Gasteiger partial charge in [-0.1, -0.05) is 19.3 Å². The lowest BCUT2D eigenvalue weighted by atomic mass is 9.88. The molecule has 4 fully saturated rings. The van der Waals surface area contributed by atoms with Gasteiger partial charge in [0, 0.05) is 49.9 Å². The number of anilines is 1. The molecule has 3 aliphatic heterocycles. The SMILES string of the molecule is CC(C)NC(=O)Cn1c(C2CCCCC2)nc2ccc(N3CCN4CCC3CC4)cc2c1=O. The molecule has 0 unspecified atom stereocenters. The fraction of sp³-hybridized carbons (Fsp3) is 0.654. The van der Waals surface area contributed by atoms with E-state index < -0.39 is 0 Å². The van der Waals surface area contributed by atoms with Gasteiger partial charge in [0.15, 0.2) is 0 Å². The van der Waals surface area contributed by atoms with Crippen LogP contribution in [0.4, 0.5) is 5.69 Å². The second kappa shape index (κ2) is 9.45. The van der Waals surface area contributed by atoms with Crippen LogP contribution in [0.2, 0.25) is 0 Å². The summed E-state index contributed by atoms with van der Waals surface area (Å²) >= 11 is 0. The Balaban J connectivity index is 1.56. The minimum atomic E-state index is -0.125. The lowest BCUT2D eigenvalue weighted by Crippen LogP contribution is -2.39. The molecule has 33 heavy (non-hydrogen) atoms. The quantitative estimate of drug-likeness (QED) is 0.756. The van der Waals surface area contributed by atoms with Crippen molar-refractivity contribution in [2.75, 3.05) is 31.1 Å². The van der Waals surface area contributed by atoms with Crippen molar-refractivity contribution in [3.05, 3.63) is 34.4 Å². The summed E-state index contributed by atoms with van der Waals surface area (Å²) in [4.78, 5) is 36.5. The molecular formula is C26H37N5O2. The van der Waals surface area contributed by atoms with Crippen LogP contribution in [0.5, 0.6) is 0 Å². The zero-order valence-electron chi connectivity index (χ0n) is 20.1. The average Bonchev–Trinajstić information content (AvgIpc) is 3.15. The van der Waals surface area contributed by atoms with E-state index in [9.17, 15) is 9.59 Å². The minimum Gasteiger partial charge on any atom is -0.367 e. The van der Waals surface area contributed by atoms with Gasteiger partial charge in [0.1, 0.15) is 12.4 Å². The Hall–Kier alpha value is -2.41. The Morgan fingerprint density at radius 2 is 1.82 bits per heavy atom. The maximum atomic E-state index is 13.8. The number of rotatable bonds is 5. The maximum absolute atomic E-state index is 13.8. The van der Waals surface area contributed by atoms with E-state index in [4.69, 9.17) is 4.98 Å². The summed E-state index contributed by atoms with van der Waals surface area (Å²) in [5.74, 6) is 0.914. The van der Waals surface area contributed by atoms with Gasteiger partial charge < -0.3 is 15.1 Å². The number of hydrogen-bond donors (Lipinski definition) is 1. The third kappa shape index (κ3) is 4.65. The van der Waals surface area contributed by atoms with E-state index >= 15 is 0 Å². The van der Waals surface area contributed by atoms with E-state index in [0.29, 0.717) is 11.4 Å². The third-order valence-corrected chi connectivity index (χ3v) is 7.68. The summed E-state index contributed by atoms with van der Waals surface area (Å²) in [6.07, 6.45) is 7.97. The highest BCUT2D eigenvalue weighted by molar-refractivity contribution is 5.83. The number of nitrogens with zero attached hydrogens (tertiary/aromatic N) is 4. The van der Waals surface area contributed by atoms with Crippen LogP contribution in [-0.2, 0) is 11.3 Å². The summed E-state index contributed by atoms with van der Waals surface area (Å²) < 4.78 is 1.67. The Morgan fingerprint density at radius 3 is 2.55 bits per heavy atom. The zero-order chi connectivity index (χ0) is 22.9. The van der Waals surface area contributed by atoms with Gasteiger partial charge in [0.25, 0.3) is 5.56 Å². The van der Waals surface area contributed by atoms with Gasteiger partial charge in [-0.3, -0.25) is 14.2 Å². The van der Waals surface area contributed by atoms with Crippen LogP contribution in [0.1, 0.15) is 70.5 Å². The van der Waals surface area contributed by atoms with Gasteiger partial charge in [0.2, 0.25) is 5.91 Å². The molecule has 1 N–H and O–H groups in total. The number of aromatic nitrogens is 2. The molecule has 1 aromatic carbocycles. The molecule has 2 aromatic rings. The fourth-order valence-electron chi connectivity index (χ4n) is 5.97. The van der Waals surface area contributed by atoms with Crippen LogP contribution in [0.25, 0.3) is 10.9 Å². The normalized spacial score (nSPS) is 23.8. The lowest BCUT2D eigenvalue weighted by Gasteiger charge is -2.33. The maximum Gasteiger partial charge on any atom is 0.261 e. The summed E-state index contributed by atoms with van der Waals surface area (Å²) in [7, 11) is 0. The van der Waals surface area contributed by atoms with Crippen molar-refractivity contribution in [3.63, 3.8) is 0 Å². The van der Waals surface area contributed by atoms with E-state index in [1.165, 1.54) is 32.4 Å². The number of carbonyl (C=O) groups is 1. The molecule has 6 rings (SSSR count). The molecule has 4 heterocycles. The van der Waals surface area contributed by atoms with Crippen LogP contribution in [0.3, 0.4) is 0 Å². The van der Waals surface area contributed by atoms with E-state index in [1.54, 1.807) is 4.57 Å². The van der Waals surface area contributed by atoms with Crippen molar-refractivity contribution < 1.29 is 4.79 Å². The van der Waals surface area contributed by atoms with E-state index in [1.807, 2.05) is 26.0 Å². The van der Waals surface area contributed by atoms with Gasteiger partial charge in [0.05, 0.1) is 10.9 Å². The summed E-state index contributed by atoms with van der Waals surface area (Å²) in [5, 5.41) is 3.57. The number of nitrogens with one attached hydrogen (secondary N) is 1. The molecule has 4 aliphatic rings. The molecule has 7 heteroatoms. The number of benzene rings is 1. The van der Waals surface area contributed by atoms with Crippen LogP contribution in [-0.4, -0.2) is 58.6 Å². The van der Waals surface area contributed by atoms with Gasteiger partial charge >= 0.3 is 0 Å². The molecule has 0 spiro atoms. The number of piperidine rings is 1. The number of carbonyl (C=O) groups excluding carboxylic acids is 1. The Kier molecular flexibility index (Phi) is 6.41. The molecule has 1 aliphatic carbocycles. The van der Waals surface area contributed by atoms with Gasteiger partial charge in [-0.05, 0) is 57.7 Å². The smallest absolute Gasteiger partial charge is 0.261 e. The standard InChI is InChI=1S/C26H37N5O2/c1-18(2)27-24(32)17-31-25(19-6-4-3-5-7-19)28-23-9-8-21(16-22(23)26(31)33)30-15-14-29-12-10-20(30)11-13-29/h8-9,16,18-20H,3-7,10-15,17H2,1-2H3,(H,27,32). The van der Waals surface area contributed by atoms with Crippen molar-refractivity contribution >= 4 is 22.5 Å². The van der Waals surface area contributed by atoms with Gasteiger partial charge in [-0.25, -0.2) is 4.98 Å². The van der Waals surface area contributed by atoms with Crippen molar-refractivity contribution in [2.45, 2.75) is 83.3 Å². The van der Waals surface area contributed by atoms with E-state index in [0.717, 1.165) is 55.8 Å². The van der Waals surface area contributed by atoms with Crippen LogP contribution < -0.4 is 15.8 Å². The van der Waals surface area contributed by atoms with E-state index in [2.05, 4.69) is 21.2 Å². The molecule has 1 aromatic heterocycles. The first-order chi connectivity index (χ1) is 16.0. The van der Waals surface area contributed by atoms with Crippen LogP contribution >= 0.6 is 0 Å². The Labute approximate surface area is 196 Å². The van der Waals surface area contributed by atoms with Gasteiger partial charge in [-0.2, -0.15) is 0 Å². The number of amides is 1. The first-order valence-corrected chi connectivity index (χ1v) is 12.8. The summed E-state index contributed by atoms with van der Waals surface area (Å²) in [5.41, 5.74) is 1.79. The summed E-state index contributed by atoms with van der Waals surface area (Å²) in [6.45, 7) is 8.33. The van der Waals surface area contributed by atoms with Crippen molar-refractivity contribution in [1.29, 1.82) is 0 Å². The zero-order valence-corrected chi connectivity index (χ0v) is 20.1. The van der Waals surface area contributed by atoms with Crippen molar-refractivity contribution in [1.82, 2.24) is 19.8 Å². The van der Waals surface area contributed by atoms with E-state index in [-0.39, 0.29) is 30.0 Å². The molecule has 2 bridgehead atoms. The van der Waals surface area contributed by atoms with Crippen molar-refractivity contribution in [2.24, 2.45) is 0 Å². The molecule has 1 amide bonds. The van der Waals surface area contributed by atoms with Gasteiger partial charge in [-0.15, -0.1) is 0 Å². The number of fused-ring (bicyclic) bond motifs is 5. The Bertz CT molecular complexity index is 1060. The lowest BCUT2D eigenvalue weighted by molar-refractivity contribution is -0.122. The highest BCUT2D eigenvalue weighted by Gasteiger charge is 2.30. The molecular weight excluding hydrogens is 414 g/mol. The molecule has 1 saturated carbocycles. The predicted molar refractivity (Wildman–Crippen MR) is 132 cm³/mol. The molecule has 0 radical (unpaired) electrons. The first kappa shape index (κ1) is 22.4. The fourth-order valence-corrected chi connectivity index (χ4v) is 5.97. The van der Waals surface area contributed by atoms with Crippen molar-refractivity contribution in [3.8, 4) is 0 Å². The minimum absolute atomic E-state index is 0.0390. The molecule has 7 nitrogen and oxygen atoms in total. The second-order valence-electron chi connectivity index (χ2n) is 10.4. The largest absolute Gasteiger partial charge is 0.367 e. The monoisotopic (exact) mass is 451 g/mol. The second-order valence-corrected chi connectivity index (χ2v) is 10.4. The topological polar surface area (TPSA) is 70.5 Å². The first-order valence-electron chi connectivity index (χ1n) is 12.8. The highest BCUT2D eigenvalue weighted by Crippen LogP contribution is 2.33. The van der Waals surface area contributed by atoms with Crippen LogP contribution in [0.15, 0.2) is 23.0 Å².